The molecule has 0 saturated carbocycles. The first kappa shape index (κ1) is 17.6. The molecule has 0 atom stereocenters. The molecule has 0 amide bonds. The molecule has 3 rings (SSSR count). The summed E-state index contributed by atoms with van der Waals surface area (Å²) in [5, 5.41) is 13.3. The van der Waals surface area contributed by atoms with Crippen molar-refractivity contribution in [1.82, 2.24) is 14.6 Å². The molecule has 0 aliphatic carbocycles. The smallest absolute Gasteiger partial charge is 0.341 e. The second kappa shape index (κ2) is 7.18. The summed E-state index contributed by atoms with van der Waals surface area (Å²) >= 11 is 0. The van der Waals surface area contributed by atoms with Crippen molar-refractivity contribution in [1.29, 1.82) is 0 Å². The van der Waals surface area contributed by atoms with Crippen molar-refractivity contribution >= 4 is 41.2 Å². The van der Waals surface area contributed by atoms with Gasteiger partial charge >= 0.3 is 5.97 Å². The van der Waals surface area contributed by atoms with E-state index in [0.717, 1.165) is 0 Å². The van der Waals surface area contributed by atoms with Gasteiger partial charge in [-0.3, -0.25) is 0 Å². The second-order valence-electron chi connectivity index (χ2n) is 4.67. The van der Waals surface area contributed by atoms with Gasteiger partial charge in [0.2, 0.25) is 0 Å². The van der Waals surface area contributed by atoms with E-state index in [-0.39, 0.29) is 53.2 Å². The summed E-state index contributed by atoms with van der Waals surface area (Å²) in [6.07, 6.45) is 1.23. The standard InChI is InChI=1S/C15H12FN3O3.Na/c1-22-8-11-6-13(9-3-2-4-10(16)5-9)19-14(18-11)12(7-17-19)15(20)21;/h2-7H,8H2,1H3,(H,20,21);. The van der Waals surface area contributed by atoms with Crippen LogP contribution in [0.25, 0.3) is 16.9 Å². The molecule has 1 N–H and O–H groups in total. The van der Waals surface area contributed by atoms with E-state index in [2.05, 4.69) is 10.1 Å². The van der Waals surface area contributed by atoms with Crippen molar-refractivity contribution in [2.45, 2.75) is 6.61 Å². The molecule has 3 aromatic rings. The minimum Gasteiger partial charge on any atom is -0.477 e. The number of rotatable bonds is 4. The first-order chi connectivity index (χ1) is 10.6. The van der Waals surface area contributed by atoms with Crippen molar-refractivity contribution in [3.8, 4) is 11.3 Å². The number of fused-ring (bicyclic) bond motifs is 1. The monoisotopic (exact) mass is 324 g/mol. The van der Waals surface area contributed by atoms with E-state index < -0.39 is 5.97 Å². The zero-order valence-electron chi connectivity index (χ0n) is 12.7. The van der Waals surface area contributed by atoms with Gasteiger partial charge in [0.15, 0.2) is 5.65 Å². The van der Waals surface area contributed by atoms with Crippen LogP contribution in [-0.2, 0) is 11.3 Å². The summed E-state index contributed by atoms with van der Waals surface area (Å²) in [6, 6.07) is 7.69. The van der Waals surface area contributed by atoms with Crippen molar-refractivity contribution in [2.24, 2.45) is 0 Å². The van der Waals surface area contributed by atoms with Crippen LogP contribution in [0, 0.1) is 5.82 Å². The molecule has 2 aromatic heterocycles. The van der Waals surface area contributed by atoms with Gasteiger partial charge in [0.25, 0.3) is 0 Å². The Labute approximate surface area is 153 Å². The SMILES string of the molecule is COCc1cc(-c2cccc(F)c2)n2ncc(C(=O)O)c2n1.[Na]. The van der Waals surface area contributed by atoms with Crippen LogP contribution in [0.4, 0.5) is 4.39 Å². The fraction of sp³-hybridized carbons (Fsp3) is 0.133. The summed E-state index contributed by atoms with van der Waals surface area (Å²) in [6.45, 7) is 0.211. The van der Waals surface area contributed by atoms with Gasteiger partial charge in [-0.05, 0) is 18.2 Å². The molecule has 23 heavy (non-hydrogen) atoms. The van der Waals surface area contributed by atoms with Gasteiger partial charge in [0.1, 0.15) is 11.4 Å². The molecule has 6 nitrogen and oxygen atoms in total. The molecule has 1 aromatic carbocycles. The topological polar surface area (TPSA) is 76.7 Å². The number of aromatic carboxylic acids is 1. The zero-order valence-corrected chi connectivity index (χ0v) is 14.7. The van der Waals surface area contributed by atoms with Crippen molar-refractivity contribution in [3.63, 3.8) is 0 Å². The van der Waals surface area contributed by atoms with E-state index in [1.165, 1.54) is 30.0 Å². The molecule has 1 radical (unpaired) electrons. The van der Waals surface area contributed by atoms with Crippen LogP contribution in [0.1, 0.15) is 16.1 Å². The molecule has 0 saturated heterocycles. The Kier molecular flexibility index (Phi) is 5.48. The van der Waals surface area contributed by atoms with Crippen LogP contribution >= 0.6 is 0 Å². The van der Waals surface area contributed by atoms with Crippen LogP contribution < -0.4 is 0 Å². The van der Waals surface area contributed by atoms with E-state index in [0.29, 0.717) is 17.0 Å². The largest absolute Gasteiger partial charge is 0.477 e. The van der Waals surface area contributed by atoms with Crippen LogP contribution in [0.2, 0.25) is 0 Å². The van der Waals surface area contributed by atoms with E-state index in [1.807, 2.05) is 0 Å². The zero-order chi connectivity index (χ0) is 15.7. The number of carboxylic acids is 1. The maximum Gasteiger partial charge on any atom is 0.341 e. The minimum absolute atomic E-state index is 0. The quantitative estimate of drug-likeness (QED) is 0.743. The maximum atomic E-state index is 13.5. The van der Waals surface area contributed by atoms with Crippen LogP contribution in [0.5, 0.6) is 0 Å². The van der Waals surface area contributed by atoms with Gasteiger partial charge in [0, 0.05) is 42.2 Å². The van der Waals surface area contributed by atoms with E-state index in [9.17, 15) is 14.3 Å². The van der Waals surface area contributed by atoms with Crippen molar-refractivity contribution in [3.05, 3.63) is 53.6 Å². The number of nitrogens with zero attached hydrogens (tertiary/aromatic N) is 3. The van der Waals surface area contributed by atoms with E-state index in [4.69, 9.17) is 4.74 Å². The first-order valence-electron chi connectivity index (χ1n) is 6.46. The maximum absolute atomic E-state index is 13.5. The second-order valence-corrected chi connectivity index (χ2v) is 4.67. The first-order valence-corrected chi connectivity index (χ1v) is 6.46. The van der Waals surface area contributed by atoms with E-state index in [1.54, 1.807) is 18.2 Å². The summed E-state index contributed by atoms with van der Waals surface area (Å²) < 4.78 is 19.9. The minimum atomic E-state index is -1.12. The number of carboxylic acid groups (broad SMARTS) is 1. The molecule has 8 heteroatoms. The number of hydrogen-bond donors (Lipinski definition) is 1. The van der Waals surface area contributed by atoms with Gasteiger partial charge in [-0.2, -0.15) is 5.10 Å². The number of hydrogen-bond acceptors (Lipinski definition) is 4. The molecule has 0 aliphatic rings. The Hall–Kier alpha value is -1.80. The molecule has 0 spiro atoms. The molecule has 113 valence electrons. The molecular weight excluding hydrogens is 312 g/mol. The molecule has 0 fully saturated rings. The Morgan fingerprint density at radius 2 is 2.17 bits per heavy atom. The third-order valence-corrected chi connectivity index (χ3v) is 3.17. The molecule has 2 heterocycles. The van der Waals surface area contributed by atoms with Crippen molar-refractivity contribution in [2.75, 3.05) is 7.11 Å². The third-order valence-electron chi connectivity index (χ3n) is 3.17. The van der Waals surface area contributed by atoms with Gasteiger partial charge in [-0.1, -0.05) is 12.1 Å². The molecule has 0 bridgehead atoms. The molecule has 0 aliphatic heterocycles. The van der Waals surface area contributed by atoms with Gasteiger partial charge in [-0.25, -0.2) is 18.7 Å². The number of carbonyl (C=O) groups is 1. The van der Waals surface area contributed by atoms with Gasteiger partial charge < -0.3 is 9.84 Å². The normalized spacial score (nSPS) is 10.5. The van der Waals surface area contributed by atoms with Crippen molar-refractivity contribution < 1.29 is 19.0 Å². The van der Waals surface area contributed by atoms with Gasteiger partial charge in [0.05, 0.1) is 24.2 Å². The summed E-state index contributed by atoms with van der Waals surface area (Å²) in [4.78, 5) is 15.5. The fourth-order valence-corrected chi connectivity index (χ4v) is 2.24. The van der Waals surface area contributed by atoms with Crippen LogP contribution in [0.3, 0.4) is 0 Å². The summed E-state index contributed by atoms with van der Waals surface area (Å²) in [5.74, 6) is -1.51. The number of halogens is 1. The fourth-order valence-electron chi connectivity index (χ4n) is 2.24. The average molecular weight is 324 g/mol. The Morgan fingerprint density at radius 1 is 1.39 bits per heavy atom. The van der Waals surface area contributed by atoms with Crippen LogP contribution in [0.15, 0.2) is 36.5 Å². The van der Waals surface area contributed by atoms with E-state index >= 15 is 0 Å². The Morgan fingerprint density at radius 3 is 2.83 bits per heavy atom. The van der Waals surface area contributed by atoms with Gasteiger partial charge in [-0.15, -0.1) is 0 Å². The predicted molar refractivity (Wildman–Crippen MR) is 81.8 cm³/mol. The number of ether oxygens (including phenoxy) is 1. The molecular formula is C15H12FN3NaO3. The number of aromatic nitrogens is 3. The van der Waals surface area contributed by atoms with Crippen LogP contribution in [-0.4, -0.2) is 62.3 Å². The number of methoxy groups -OCH3 is 1. The Bertz CT molecular complexity index is 866. The average Bonchev–Trinajstić information content (AvgIpc) is 2.90. The third kappa shape index (κ3) is 3.42. The summed E-state index contributed by atoms with van der Waals surface area (Å²) in [5.41, 5.74) is 1.84. The molecule has 0 unspecified atom stereocenters. The summed E-state index contributed by atoms with van der Waals surface area (Å²) in [7, 11) is 1.52. The number of benzene rings is 1. The predicted octanol–water partition coefficient (Wildman–Crippen LogP) is 2.00. The Balaban J connectivity index is 0.00000192.